The predicted molar refractivity (Wildman–Crippen MR) is 66.6 cm³/mol. The Morgan fingerprint density at radius 1 is 1.20 bits per heavy atom. The molecule has 2 nitrogen and oxygen atoms in total. The fourth-order valence-corrected chi connectivity index (χ4v) is 1.70. The van der Waals surface area contributed by atoms with E-state index in [-0.39, 0.29) is 0 Å². The normalized spacial score (nSPS) is 10.7. The lowest BCUT2D eigenvalue weighted by Crippen LogP contribution is -1.91. The molecule has 0 aromatic heterocycles. The van der Waals surface area contributed by atoms with Crippen molar-refractivity contribution < 1.29 is 9.47 Å². The van der Waals surface area contributed by atoms with E-state index in [4.69, 9.17) is 9.47 Å². The van der Waals surface area contributed by atoms with Gasteiger partial charge in [-0.25, -0.2) is 0 Å². The second-order valence-corrected chi connectivity index (χ2v) is 3.89. The molecule has 1 aromatic carbocycles. The highest BCUT2D eigenvalue weighted by atomic mass is 79.9. The molecule has 82 valence electrons. The zero-order valence-electron chi connectivity index (χ0n) is 9.21. The summed E-state index contributed by atoms with van der Waals surface area (Å²) in [5.41, 5.74) is 1.09. The van der Waals surface area contributed by atoms with Gasteiger partial charge in [-0.3, -0.25) is 0 Å². The van der Waals surface area contributed by atoms with Crippen molar-refractivity contribution in [2.24, 2.45) is 0 Å². The number of hydrogen-bond donors (Lipinski definition) is 0. The maximum Gasteiger partial charge on any atom is 0.161 e. The second-order valence-electron chi connectivity index (χ2n) is 3.04. The number of rotatable bonds is 4. The molecule has 0 saturated carbocycles. The Bertz CT molecular complexity index is 359. The monoisotopic (exact) mass is 270 g/mol. The highest BCUT2D eigenvalue weighted by Gasteiger charge is 2.07. The fraction of sp³-hybridized carbons (Fsp3) is 0.333. The number of allylic oxidation sites excluding steroid dienone is 1. The first-order chi connectivity index (χ1) is 7.22. The van der Waals surface area contributed by atoms with Crippen LogP contribution in [0.1, 0.15) is 18.9 Å². The van der Waals surface area contributed by atoms with Gasteiger partial charge in [0, 0.05) is 4.47 Å². The molecule has 0 aliphatic heterocycles. The summed E-state index contributed by atoms with van der Waals surface area (Å²) in [5.74, 6) is 1.48. The van der Waals surface area contributed by atoms with Gasteiger partial charge in [0.1, 0.15) is 0 Å². The van der Waals surface area contributed by atoms with Crippen LogP contribution in [0.15, 0.2) is 22.7 Å². The summed E-state index contributed by atoms with van der Waals surface area (Å²) in [4.78, 5) is 0. The summed E-state index contributed by atoms with van der Waals surface area (Å²) < 4.78 is 11.4. The molecule has 0 radical (unpaired) electrons. The maximum absolute atomic E-state index is 5.23. The molecular formula is C12H15BrO2. The molecule has 0 fully saturated rings. The van der Waals surface area contributed by atoms with E-state index in [0.717, 1.165) is 28.0 Å². The van der Waals surface area contributed by atoms with Crippen LogP contribution in [0.2, 0.25) is 0 Å². The van der Waals surface area contributed by atoms with Crippen LogP contribution < -0.4 is 9.47 Å². The van der Waals surface area contributed by atoms with E-state index >= 15 is 0 Å². The number of methoxy groups -OCH3 is 2. The first kappa shape index (κ1) is 12.1. The van der Waals surface area contributed by atoms with Crippen LogP contribution in [0.4, 0.5) is 0 Å². The first-order valence-corrected chi connectivity index (χ1v) is 5.60. The third-order valence-electron chi connectivity index (χ3n) is 2.04. The van der Waals surface area contributed by atoms with Crippen molar-refractivity contribution in [2.45, 2.75) is 13.3 Å². The van der Waals surface area contributed by atoms with Gasteiger partial charge < -0.3 is 9.47 Å². The van der Waals surface area contributed by atoms with Gasteiger partial charge in [0.15, 0.2) is 11.5 Å². The van der Waals surface area contributed by atoms with Crippen molar-refractivity contribution in [3.8, 4) is 11.5 Å². The lowest BCUT2D eigenvalue weighted by Gasteiger charge is -2.09. The van der Waals surface area contributed by atoms with Crippen LogP contribution in [0.5, 0.6) is 11.5 Å². The van der Waals surface area contributed by atoms with E-state index in [1.807, 2.05) is 12.1 Å². The van der Waals surface area contributed by atoms with Crippen molar-refractivity contribution in [3.63, 3.8) is 0 Å². The molecule has 1 rings (SSSR count). The average molecular weight is 271 g/mol. The van der Waals surface area contributed by atoms with Gasteiger partial charge in [-0.1, -0.05) is 35.0 Å². The molecule has 0 amide bonds. The topological polar surface area (TPSA) is 18.5 Å². The van der Waals surface area contributed by atoms with Gasteiger partial charge in [-0.15, -0.1) is 0 Å². The van der Waals surface area contributed by atoms with E-state index < -0.39 is 0 Å². The van der Waals surface area contributed by atoms with Crippen LogP contribution in [-0.2, 0) is 0 Å². The molecule has 15 heavy (non-hydrogen) atoms. The SMILES string of the molecule is CC/C=C/c1cc(OC)c(OC)cc1Br. The standard InChI is InChI=1S/C12H15BrO2/c1-4-5-6-9-7-11(14-2)12(15-3)8-10(9)13/h5-8H,4H2,1-3H3/b6-5+. The third-order valence-corrected chi connectivity index (χ3v) is 2.72. The molecule has 0 aliphatic carbocycles. The van der Waals surface area contributed by atoms with Gasteiger partial charge in [0.25, 0.3) is 0 Å². The lowest BCUT2D eigenvalue weighted by molar-refractivity contribution is 0.354. The summed E-state index contributed by atoms with van der Waals surface area (Å²) in [5, 5.41) is 0. The first-order valence-electron chi connectivity index (χ1n) is 4.81. The van der Waals surface area contributed by atoms with Crippen LogP contribution in [0.3, 0.4) is 0 Å². The van der Waals surface area contributed by atoms with Gasteiger partial charge in [0.05, 0.1) is 14.2 Å². The molecule has 0 atom stereocenters. The minimum absolute atomic E-state index is 0.734. The summed E-state index contributed by atoms with van der Waals surface area (Å²) in [6.45, 7) is 2.10. The Morgan fingerprint density at radius 3 is 2.33 bits per heavy atom. The Kier molecular flexibility index (Phi) is 4.69. The molecule has 0 bridgehead atoms. The molecule has 0 aliphatic rings. The predicted octanol–water partition coefficient (Wildman–Crippen LogP) is 3.89. The minimum Gasteiger partial charge on any atom is -0.493 e. The van der Waals surface area contributed by atoms with E-state index in [2.05, 4.69) is 35.0 Å². The second kappa shape index (κ2) is 5.81. The number of benzene rings is 1. The van der Waals surface area contributed by atoms with Gasteiger partial charge in [-0.05, 0) is 24.1 Å². The van der Waals surface area contributed by atoms with E-state index in [9.17, 15) is 0 Å². The van der Waals surface area contributed by atoms with Gasteiger partial charge in [0.2, 0.25) is 0 Å². The Labute approximate surface area is 99.0 Å². The highest BCUT2D eigenvalue weighted by molar-refractivity contribution is 9.10. The number of ether oxygens (including phenoxy) is 2. The minimum atomic E-state index is 0.734. The number of hydrogen-bond acceptors (Lipinski definition) is 2. The van der Waals surface area contributed by atoms with Crippen LogP contribution in [0, 0.1) is 0 Å². The molecule has 0 spiro atoms. The highest BCUT2D eigenvalue weighted by Crippen LogP contribution is 2.33. The van der Waals surface area contributed by atoms with Crippen molar-refractivity contribution in [2.75, 3.05) is 14.2 Å². The average Bonchev–Trinajstić information content (AvgIpc) is 2.27. The van der Waals surface area contributed by atoms with Crippen molar-refractivity contribution >= 4 is 22.0 Å². The molecule has 0 N–H and O–H groups in total. The molecule has 0 saturated heterocycles. The summed E-state index contributed by atoms with van der Waals surface area (Å²) in [6, 6.07) is 3.86. The zero-order valence-corrected chi connectivity index (χ0v) is 10.8. The molecular weight excluding hydrogens is 256 g/mol. The quantitative estimate of drug-likeness (QED) is 0.827. The van der Waals surface area contributed by atoms with Crippen LogP contribution in [0.25, 0.3) is 6.08 Å². The fourth-order valence-electron chi connectivity index (χ4n) is 1.24. The lowest BCUT2D eigenvalue weighted by atomic mass is 10.2. The van der Waals surface area contributed by atoms with E-state index in [0.29, 0.717) is 0 Å². The Hall–Kier alpha value is -0.960. The maximum atomic E-state index is 5.23. The molecule has 0 heterocycles. The summed E-state index contributed by atoms with van der Waals surface area (Å²) >= 11 is 3.49. The smallest absolute Gasteiger partial charge is 0.161 e. The number of halogens is 1. The van der Waals surface area contributed by atoms with Crippen molar-refractivity contribution in [3.05, 3.63) is 28.2 Å². The largest absolute Gasteiger partial charge is 0.493 e. The van der Waals surface area contributed by atoms with Crippen LogP contribution >= 0.6 is 15.9 Å². The Balaban J connectivity index is 3.13. The van der Waals surface area contributed by atoms with Gasteiger partial charge >= 0.3 is 0 Å². The van der Waals surface area contributed by atoms with Crippen molar-refractivity contribution in [1.82, 2.24) is 0 Å². The molecule has 0 unspecified atom stereocenters. The van der Waals surface area contributed by atoms with Crippen LogP contribution in [-0.4, -0.2) is 14.2 Å². The zero-order chi connectivity index (χ0) is 11.3. The van der Waals surface area contributed by atoms with E-state index in [1.165, 1.54) is 0 Å². The molecule has 1 aromatic rings. The van der Waals surface area contributed by atoms with E-state index in [1.54, 1.807) is 14.2 Å². The van der Waals surface area contributed by atoms with Crippen molar-refractivity contribution in [1.29, 1.82) is 0 Å². The third kappa shape index (κ3) is 2.99. The summed E-state index contributed by atoms with van der Waals surface area (Å²) in [7, 11) is 3.27. The van der Waals surface area contributed by atoms with Gasteiger partial charge in [-0.2, -0.15) is 0 Å². The molecule has 3 heteroatoms. The Morgan fingerprint density at radius 2 is 1.80 bits per heavy atom. The summed E-state index contributed by atoms with van der Waals surface area (Å²) in [6.07, 6.45) is 5.18.